The fraction of sp³-hybridized carbons (Fsp3) is 0.235. The first-order valence-electron chi connectivity index (χ1n) is 6.66. The number of carbonyl (C=O) groups excluding carboxylic acids is 1. The molecule has 2 rings (SSSR count). The number of Topliss-reactive ketones (excluding diaryl/α,β-unsaturated/α-hetero) is 1. The van der Waals surface area contributed by atoms with Crippen LogP contribution in [0.15, 0.2) is 40.9 Å². The number of hydrogen-bond donors (Lipinski definition) is 0. The van der Waals surface area contributed by atoms with Crippen LogP contribution in [-0.4, -0.2) is 20.0 Å². The number of carbonyl (C=O) groups is 1. The van der Waals surface area contributed by atoms with E-state index < -0.39 is 0 Å². The monoisotopic (exact) mass is 348 g/mol. The third-order valence-corrected chi connectivity index (χ3v) is 4.05. The van der Waals surface area contributed by atoms with Crippen molar-refractivity contribution < 1.29 is 14.3 Å². The highest BCUT2D eigenvalue weighted by Crippen LogP contribution is 2.42. The van der Waals surface area contributed by atoms with Gasteiger partial charge in [0.1, 0.15) is 16.0 Å². The Bertz CT molecular complexity index is 665. The van der Waals surface area contributed by atoms with Crippen molar-refractivity contribution in [2.24, 2.45) is 0 Å². The lowest BCUT2D eigenvalue weighted by Gasteiger charge is -2.14. The maximum atomic E-state index is 11.9. The third-order valence-electron chi connectivity index (χ3n) is 3.30. The first-order chi connectivity index (χ1) is 10.1. The minimum absolute atomic E-state index is 0.128. The summed E-state index contributed by atoms with van der Waals surface area (Å²) in [5, 5.41) is 0. The van der Waals surface area contributed by atoms with E-state index in [2.05, 4.69) is 15.9 Å². The molecular formula is C17H17BrO3. The first-order valence-corrected chi connectivity index (χ1v) is 7.45. The van der Waals surface area contributed by atoms with Gasteiger partial charge in [0, 0.05) is 17.5 Å². The van der Waals surface area contributed by atoms with Gasteiger partial charge in [0.15, 0.2) is 5.78 Å². The number of ketones is 1. The van der Waals surface area contributed by atoms with Crippen molar-refractivity contribution >= 4 is 21.7 Å². The summed E-state index contributed by atoms with van der Waals surface area (Å²) in [7, 11) is 3.23. The number of benzene rings is 2. The van der Waals surface area contributed by atoms with Gasteiger partial charge in [-0.25, -0.2) is 0 Å². The van der Waals surface area contributed by atoms with E-state index in [0.717, 1.165) is 15.6 Å². The summed E-state index contributed by atoms with van der Waals surface area (Å²) in [6.07, 6.45) is 0.493. The molecule has 3 nitrogen and oxygen atoms in total. The molecule has 0 atom stereocenters. The summed E-state index contributed by atoms with van der Waals surface area (Å²) in [4.78, 5) is 11.9. The molecule has 0 fully saturated rings. The fourth-order valence-corrected chi connectivity index (χ4v) is 2.86. The molecule has 0 radical (unpaired) electrons. The van der Waals surface area contributed by atoms with Crippen LogP contribution in [0.2, 0.25) is 0 Å². The number of hydrogen-bond acceptors (Lipinski definition) is 3. The zero-order valence-corrected chi connectivity index (χ0v) is 13.9. The van der Waals surface area contributed by atoms with Crippen molar-refractivity contribution in [1.29, 1.82) is 0 Å². The minimum atomic E-state index is 0.128. The molecule has 110 valence electrons. The molecule has 0 saturated carbocycles. The lowest BCUT2D eigenvalue weighted by atomic mass is 9.99. The highest BCUT2D eigenvalue weighted by atomic mass is 79.9. The van der Waals surface area contributed by atoms with E-state index in [9.17, 15) is 4.79 Å². The standard InChI is InChI=1S/C17H17BrO3/c1-4-14(19)12-7-5-6-11(10-12)13-8-9-15(20-2)16(18)17(13)21-3/h5-10H,4H2,1-3H3. The maximum absolute atomic E-state index is 11.9. The van der Waals surface area contributed by atoms with Crippen molar-refractivity contribution in [2.75, 3.05) is 14.2 Å². The van der Waals surface area contributed by atoms with Crippen LogP contribution in [0.5, 0.6) is 11.5 Å². The second-order valence-electron chi connectivity index (χ2n) is 4.52. The van der Waals surface area contributed by atoms with Gasteiger partial charge in [0.25, 0.3) is 0 Å². The van der Waals surface area contributed by atoms with Gasteiger partial charge >= 0.3 is 0 Å². The Labute approximate surface area is 133 Å². The van der Waals surface area contributed by atoms with Crippen molar-refractivity contribution in [3.8, 4) is 22.6 Å². The molecule has 0 aliphatic rings. The van der Waals surface area contributed by atoms with Crippen LogP contribution in [0.25, 0.3) is 11.1 Å². The molecule has 0 unspecified atom stereocenters. The average molecular weight is 349 g/mol. The van der Waals surface area contributed by atoms with Gasteiger partial charge in [0.05, 0.1) is 14.2 Å². The van der Waals surface area contributed by atoms with Crippen LogP contribution in [0, 0.1) is 0 Å². The van der Waals surface area contributed by atoms with Crippen LogP contribution in [0.3, 0.4) is 0 Å². The number of methoxy groups -OCH3 is 2. The highest BCUT2D eigenvalue weighted by molar-refractivity contribution is 9.10. The van der Waals surface area contributed by atoms with Crippen LogP contribution < -0.4 is 9.47 Å². The molecule has 21 heavy (non-hydrogen) atoms. The molecule has 2 aromatic carbocycles. The van der Waals surface area contributed by atoms with Crippen molar-refractivity contribution in [3.05, 3.63) is 46.4 Å². The zero-order valence-electron chi connectivity index (χ0n) is 12.3. The molecule has 0 heterocycles. The summed E-state index contributed by atoms with van der Waals surface area (Å²) in [6.45, 7) is 1.86. The van der Waals surface area contributed by atoms with Gasteiger partial charge in [-0.3, -0.25) is 4.79 Å². The minimum Gasteiger partial charge on any atom is -0.495 e. The van der Waals surface area contributed by atoms with Crippen LogP contribution in [0.1, 0.15) is 23.7 Å². The molecule has 2 aromatic rings. The summed E-state index contributed by atoms with van der Waals surface area (Å²) in [5.41, 5.74) is 2.56. The highest BCUT2D eigenvalue weighted by Gasteiger charge is 2.15. The smallest absolute Gasteiger partial charge is 0.162 e. The van der Waals surface area contributed by atoms with E-state index in [1.54, 1.807) is 14.2 Å². The number of rotatable bonds is 5. The van der Waals surface area contributed by atoms with E-state index in [1.165, 1.54) is 0 Å². The van der Waals surface area contributed by atoms with Crippen molar-refractivity contribution in [2.45, 2.75) is 13.3 Å². The molecule has 0 bridgehead atoms. The predicted octanol–water partition coefficient (Wildman–Crippen LogP) is 4.73. The van der Waals surface area contributed by atoms with Gasteiger partial charge in [0.2, 0.25) is 0 Å². The van der Waals surface area contributed by atoms with E-state index >= 15 is 0 Å². The fourth-order valence-electron chi connectivity index (χ4n) is 2.19. The van der Waals surface area contributed by atoms with Crippen molar-refractivity contribution in [1.82, 2.24) is 0 Å². The topological polar surface area (TPSA) is 35.5 Å². The Morgan fingerprint density at radius 1 is 1.14 bits per heavy atom. The maximum Gasteiger partial charge on any atom is 0.162 e. The molecular weight excluding hydrogens is 332 g/mol. The molecule has 0 N–H and O–H groups in total. The summed E-state index contributed by atoms with van der Waals surface area (Å²) >= 11 is 3.49. The molecule has 0 amide bonds. The molecule has 0 aliphatic heterocycles. The van der Waals surface area contributed by atoms with E-state index in [-0.39, 0.29) is 5.78 Å². The quantitative estimate of drug-likeness (QED) is 0.733. The largest absolute Gasteiger partial charge is 0.495 e. The van der Waals surface area contributed by atoms with Gasteiger partial charge in [-0.05, 0) is 39.7 Å². The third kappa shape index (κ3) is 3.10. The Morgan fingerprint density at radius 3 is 2.52 bits per heavy atom. The molecule has 0 saturated heterocycles. The van der Waals surface area contributed by atoms with Gasteiger partial charge in [-0.15, -0.1) is 0 Å². The van der Waals surface area contributed by atoms with Crippen LogP contribution >= 0.6 is 15.9 Å². The van der Waals surface area contributed by atoms with Gasteiger partial charge in [-0.2, -0.15) is 0 Å². The number of halogens is 1. The Balaban J connectivity index is 2.56. The molecule has 0 spiro atoms. The van der Waals surface area contributed by atoms with E-state index in [0.29, 0.717) is 23.5 Å². The normalized spacial score (nSPS) is 10.3. The predicted molar refractivity (Wildman–Crippen MR) is 87.3 cm³/mol. The lowest BCUT2D eigenvalue weighted by Crippen LogP contribution is -1.97. The van der Waals surface area contributed by atoms with E-state index in [1.807, 2.05) is 43.3 Å². The zero-order chi connectivity index (χ0) is 15.4. The Kier molecular flexibility index (Phi) is 5.02. The number of ether oxygens (including phenoxy) is 2. The lowest BCUT2D eigenvalue weighted by molar-refractivity contribution is 0.0988. The molecule has 4 heteroatoms. The summed E-state index contributed by atoms with van der Waals surface area (Å²) < 4.78 is 11.5. The summed E-state index contributed by atoms with van der Waals surface area (Å²) in [5.74, 6) is 1.52. The SMILES string of the molecule is CCC(=O)c1cccc(-c2ccc(OC)c(Br)c2OC)c1. The van der Waals surface area contributed by atoms with Crippen LogP contribution in [-0.2, 0) is 0 Å². The summed E-state index contributed by atoms with van der Waals surface area (Å²) in [6, 6.07) is 11.4. The van der Waals surface area contributed by atoms with Crippen molar-refractivity contribution in [3.63, 3.8) is 0 Å². The second-order valence-corrected chi connectivity index (χ2v) is 5.31. The Hall–Kier alpha value is -1.81. The average Bonchev–Trinajstić information content (AvgIpc) is 2.53. The van der Waals surface area contributed by atoms with Gasteiger partial charge < -0.3 is 9.47 Å². The first kappa shape index (κ1) is 15.6. The van der Waals surface area contributed by atoms with E-state index in [4.69, 9.17) is 9.47 Å². The van der Waals surface area contributed by atoms with Crippen LogP contribution in [0.4, 0.5) is 0 Å². The Morgan fingerprint density at radius 2 is 1.90 bits per heavy atom. The second kappa shape index (κ2) is 6.76. The molecule has 0 aromatic heterocycles. The van der Waals surface area contributed by atoms with Gasteiger partial charge in [-0.1, -0.05) is 25.1 Å². The molecule has 0 aliphatic carbocycles.